The monoisotopic (exact) mass is 331 g/mol. The molecule has 0 radical (unpaired) electrons. The van der Waals surface area contributed by atoms with Gasteiger partial charge in [0.25, 0.3) is 5.91 Å². The number of nitrogens with zero attached hydrogens (tertiary/aromatic N) is 3. The number of carbonyl (C=O) groups is 1. The molecule has 0 unspecified atom stereocenters. The molecule has 0 fully saturated rings. The van der Waals surface area contributed by atoms with Crippen LogP contribution in [-0.4, -0.2) is 38.9 Å². The Morgan fingerprint density at radius 1 is 1.25 bits per heavy atom. The van der Waals surface area contributed by atoms with E-state index in [-0.39, 0.29) is 12.5 Å². The van der Waals surface area contributed by atoms with E-state index in [1.165, 1.54) is 0 Å². The van der Waals surface area contributed by atoms with Gasteiger partial charge in [0.1, 0.15) is 5.82 Å². The van der Waals surface area contributed by atoms with Crippen LogP contribution in [0.3, 0.4) is 0 Å². The second-order valence-corrected chi connectivity index (χ2v) is 5.95. The average molecular weight is 331 g/mol. The van der Waals surface area contributed by atoms with Crippen molar-refractivity contribution in [2.24, 2.45) is 7.05 Å². The molecule has 0 spiro atoms. The molecule has 2 rings (SSSR count). The van der Waals surface area contributed by atoms with Crippen molar-refractivity contribution < 1.29 is 9.90 Å². The molecule has 1 amide bonds. The van der Waals surface area contributed by atoms with E-state index < -0.39 is 0 Å². The molecule has 0 aliphatic heterocycles. The number of aliphatic hydroxyl groups excluding tert-OH is 1. The van der Waals surface area contributed by atoms with Gasteiger partial charge >= 0.3 is 0 Å². The minimum absolute atomic E-state index is 0.0731. The Bertz CT molecular complexity index is 664. The highest BCUT2D eigenvalue weighted by Crippen LogP contribution is 2.14. The number of hydrogen-bond acceptors (Lipinski definition) is 5. The van der Waals surface area contributed by atoms with Gasteiger partial charge < -0.3 is 20.3 Å². The predicted octanol–water partition coefficient (Wildman–Crippen LogP) is 1.66. The molecule has 1 aromatic heterocycles. The Morgan fingerprint density at radius 3 is 2.54 bits per heavy atom. The van der Waals surface area contributed by atoms with Crippen molar-refractivity contribution >= 4 is 11.6 Å². The largest absolute Gasteiger partial charge is 0.396 e. The lowest BCUT2D eigenvalue weighted by Crippen LogP contribution is -2.24. The fourth-order valence-corrected chi connectivity index (χ4v) is 2.34. The number of benzene rings is 1. The average Bonchev–Trinajstić information content (AvgIpc) is 2.94. The summed E-state index contributed by atoms with van der Waals surface area (Å²) < 4.78 is 2.00. The highest BCUT2D eigenvalue weighted by molar-refractivity contribution is 5.94. The van der Waals surface area contributed by atoms with Crippen molar-refractivity contribution in [1.29, 1.82) is 0 Å². The van der Waals surface area contributed by atoms with E-state index in [2.05, 4.69) is 34.7 Å². The number of carbonyl (C=O) groups excluding carboxylic acids is 1. The van der Waals surface area contributed by atoms with Crippen LogP contribution in [0.5, 0.6) is 0 Å². The first-order valence-corrected chi connectivity index (χ1v) is 8.14. The van der Waals surface area contributed by atoms with Crippen LogP contribution in [0.2, 0.25) is 0 Å². The molecule has 0 bridgehead atoms. The lowest BCUT2D eigenvalue weighted by atomic mass is 10.2. The standard InChI is InChI=1S/C17H25N5O2/c1-12(2)16-21-20-15(22(16)3)11-19-14-7-5-13(6-8-14)17(24)18-9-4-10-23/h5-8,12,19,23H,4,9-11H2,1-3H3,(H,18,24). The van der Waals surface area contributed by atoms with E-state index in [0.717, 1.165) is 17.3 Å². The van der Waals surface area contributed by atoms with E-state index >= 15 is 0 Å². The van der Waals surface area contributed by atoms with Gasteiger partial charge in [0.05, 0.1) is 6.54 Å². The van der Waals surface area contributed by atoms with E-state index in [0.29, 0.717) is 31.0 Å². The molecule has 1 aromatic carbocycles. The molecule has 3 N–H and O–H groups in total. The molecule has 130 valence electrons. The Balaban J connectivity index is 1.91. The van der Waals surface area contributed by atoms with Gasteiger partial charge in [-0.2, -0.15) is 0 Å². The number of rotatable bonds is 8. The van der Waals surface area contributed by atoms with Crippen LogP contribution >= 0.6 is 0 Å². The van der Waals surface area contributed by atoms with E-state index in [1.807, 2.05) is 23.7 Å². The van der Waals surface area contributed by atoms with Crippen LogP contribution < -0.4 is 10.6 Å². The Morgan fingerprint density at radius 2 is 1.96 bits per heavy atom. The quantitative estimate of drug-likeness (QED) is 0.640. The van der Waals surface area contributed by atoms with Crippen molar-refractivity contribution in [3.8, 4) is 0 Å². The summed E-state index contributed by atoms with van der Waals surface area (Å²) >= 11 is 0. The van der Waals surface area contributed by atoms with E-state index in [9.17, 15) is 4.79 Å². The molecule has 1 heterocycles. The SMILES string of the molecule is CC(C)c1nnc(CNc2ccc(C(=O)NCCCO)cc2)n1C. The summed E-state index contributed by atoms with van der Waals surface area (Å²) in [7, 11) is 1.96. The van der Waals surface area contributed by atoms with Gasteiger partial charge in [-0.25, -0.2) is 0 Å². The highest BCUT2D eigenvalue weighted by Gasteiger charge is 2.11. The first-order valence-electron chi connectivity index (χ1n) is 8.14. The van der Waals surface area contributed by atoms with Crippen molar-refractivity contribution in [1.82, 2.24) is 20.1 Å². The molecular weight excluding hydrogens is 306 g/mol. The molecule has 7 nitrogen and oxygen atoms in total. The number of aliphatic hydroxyl groups is 1. The maximum atomic E-state index is 11.9. The summed E-state index contributed by atoms with van der Waals surface area (Å²) in [5.74, 6) is 2.02. The number of amides is 1. The van der Waals surface area contributed by atoms with Crippen molar-refractivity contribution in [2.75, 3.05) is 18.5 Å². The minimum Gasteiger partial charge on any atom is -0.396 e. The Kier molecular flexibility index (Phi) is 6.31. The highest BCUT2D eigenvalue weighted by atomic mass is 16.3. The number of nitrogens with one attached hydrogen (secondary N) is 2. The molecule has 0 saturated carbocycles. The molecule has 0 aliphatic carbocycles. The normalized spacial score (nSPS) is 10.9. The van der Waals surface area contributed by atoms with E-state index in [1.54, 1.807) is 12.1 Å². The van der Waals surface area contributed by atoms with Gasteiger partial charge in [-0.15, -0.1) is 10.2 Å². The van der Waals surface area contributed by atoms with Crippen LogP contribution in [0.1, 0.15) is 48.2 Å². The maximum absolute atomic E-state index is 11.9. The van der Waals surface area contributed by atoms with Gasteiger partial charge in [-0.05, 0) is 30.7 Å². The molecule has 7 heteroatoms. The Hall–Kier alpha value is -2.41. The van der Waals surface area contributed by atoms with Crippen LogP contribution in [0, 0.1) is 0 Å². The molecule has 2 aromatic rings. The zero-order valence-electron chi connectivity index (χ0n) is 14.4. The van der Waals surface area contributed by atoms with Gasteiger partial charge in [0.15, 0.2) is 5.82 Å². The van der Waals surface area contributed by atoms with Crippen molar-refractivity contribution in [3.05, 3.63) is 41.5 Å². The fourth-order valence-electron chi connectivity index (χ4n) is 2.34. The van der Waals surface area contributed by atoms with Gasteiger partial charge in [0.2, 0.25) is 0 Å². The first kappa shape index (κ1) is 17.9. The summed E-state index contributed by atoms with van der Waals surface area (Å²) in [5.41, 5.74) is 1.51. The zero-order valence-corrected chi connectivity index (χ0v) is 14.4. The molecular formula is C17H25N5O2. The van der Waals surface area contributed by atoms with Crippen LogP contribution in [0.15, 0.2) is 24.3 Å². The topological polar surface area (TPSA) is 92.1 Å². The summed E-state index contributed by atoms with van der Waals surface area (Å²) in [6.45, 7) is 5.29. The first-order chi connectivity index (χ1) is 11.5. The van der Waals surface area contributed by atoms with Crippen molar-refractivity contribution in [3.63, 3.8) is 0 Å². The third-order valence-electron chi connectivity index (χ3n) is 3.73. The van der Waals surface area contributed by atoms with Crippen molar-refractivity contribution in [2.45, 2.75) is 32.7 Å². The molecule has 0 saturated heterocycles. The van der Waals surface area contributed by atoms with Crippen LogP contribution in [-0.2, 0) is 13.6 Å². The second-order valence-electron chi connectivity index (χ2n) is 5.95. The third-order valence-corrected chi connectivity index (χ3v) is 3.73. The summed E-state index contributed by atoms with van der Waals surface area (Å²) in [5, 5.41) is 23.2. The third kappa shape index (κ3) is 4.55. The molecule has 0 atom stereocenters. The maximum Gasteiger partial charge on any atom is 0.251 e. The number of anilines is 1. The molecule has 24 heavy (non-hydrogen) atoms. The number of hydrogen-bond donors (Lipinski definition) is 3. The van der Waals surface area contributed by atoms with E-state index in [4.69, 9.17) is 5.11 Å². The van der Waals surface area contributed by atoms with Crippen LogP contribution in [0.25, 0.3) is 0 Å². The van der Waals surface area contributed by atoms with Crippen LogP contribution in [0.4, 0.5) is 5.69 Å². The summed E-state index contributed by atoms with van der Waals surface area (Å²) in [6, 6.07) is 7.26. The Labute approximate surface area is 142 Å². The summed E-state index contributed by atoms with van der Waals surface area (Å²) in [4.78, 5) is 11.9. The van der Waals surface area contributed by atoms with Gasteiger partial charge in [0, 0.05) is 37.4 Å². The smallest absolute Gasteiger partial charge is 0.251 e. The molecule has 0 aliphatic rings. The van der Waals surface area contributed by atoms with Gasteiger partial charge in [-0.1, -0.05) is 13.8 Å². The van der Waals surface area contributed by atoms with Gasteiger partial charge in [-0.3, -0.25) is 4.79 Å². The lowest BCUT2D eigenvalue weighted by molar-refractivity contribution is 0.0951. The predicted molar refractivity (Wildman–Crippen MR) is 92.9 cm³/mol. The fraction of sp³-hybridized carbons (Fsp3) is 0.471. The zero-order chi connectivity index (χ0) is 17.5. The summed E-state index contributed by atoms with van der Waals surface area (Å²) in [6.07, 6.45) is 0.557. The number of aromatic nitrogens is 3. The second kappa shape index (κ2) is 8.44. The minimum atomic E-state index is -0.134. The lowest BCUT2D eigenvalue weighted by Gasteiger charge is -2.09.